The van der Waals surface area contributed by atoms with E-state index in [1.807, 2.05) is 0 Å². The molecular formula is C9H13N5O. The summed E-state index contributed by atoms with van der Waals surface area (Å²) in [7, 11) is 0. The second-order valence-corrected chi connectivity index (χ2v) is 3.13. The van der Waals surface area contributed by atoms with Gasteiger partial charge in [-0.1, -0.05) is 11.5 Å². The molecule has 6 nitrogen and oxygen atoms in total. The average Bonchev–Trinajstić information content (AvgIpc) is 2.76. The van der Waals surface area contributed by atoms with Crippen LogP contribution in [0.3, 0.4) is 0 Å². The van der Waals surface area contributed by atoms with Gasteiger partial charge in [0.25, 0.3) is 0 Å². The van der Waals surface area contributed by atoms with Gasteiger partial charge in [0.05, 0.1) is 0 Å². The van der Waals surface area contributed by atoms with Crippen molar-refractivity contribution in [3.8, 4) is 0 Å². The van der Waals surface area contributed by atoms with Crippen LogP contribution in [-0.2, 0) is 0 Å². The Morgan fingerprint density at radius 1 is 1.47 bits per heavy atom. The number of carbonyl (C=O) groups excluding carboxylic acids is 1. The van der Waals surface area contributed by atoms with E-state index in [0.717, 1.165) is 19.3 Å². The molecule has 0 aliphatic carbocycles. The van der Waals surface area contributed by atoms with E-state index in [4.69, 9.17) is 5.53 Å². The Labute approximate surface area is 87.6 Å². The van der Waals surface area contributed by atoms with Gasteiger partial charge < -0.3 is 0 Å². The lowest BCUT2D eigenvalue weighted by molar-refractivity contribution is 0.0899. The molecule has 0 aromatic carbocycles. The summed E-state index contributed by atoms with van der Waals surface area (Å²) in [6, 6.07) is 0. The van der Waals surface area contributed by atoms with Gasteiger partial charge in [0.2, 0.25) is 5.91 Å². The molecule has 1 rings (SSSR count). The number of rotatable bonds is 6. The van der Waals surface area contributed by atoms with Gasteiger partial charge in [0.1, 0.15) is 6.33 Å². The van der Waals surface area contributed by atoms with Gasteiger partial charge in [-0.05, 0) is 18.4 Å². The largest absolute Gasteiger partial charge is 0.276 e. The second kappa shape index (κ2) is 6.62. The number of hydrogen-bond acceptors (Lipinski definition) is 3. The van der Waals surface area contributed by atoms with Crippen molar-refractivity contribution >= 4 is 5.91 Å². The average molecular weight is 207 g/mol. The maximum absolute atomic E-state index is 11.4. The molecule has 0 aliphatic heterocycles. The minimum atomic E-state index is 0.0521. The normalized spacial score (nSPS) is 9.60. The number of imidazole rings is 1. The van der Waals surface area contributed by atoms with E-state index in [2.05, 4.69) is 15.0 Å². The van der Waals surface area contributed by atoms with Gasteiger partial charge in [-0.15, -0.1) is 0 Å². The highest BCUT2D eigenvalue weighted by Crippen LogP contribution is 2.02. The third-order valence-corrected chi connectivity index (χ3v) is 2.00. The molecule has 0 atom stereocenters. The molecular weight excluding hydrogens is 194 g/mol. The summed E-state index contributed by atoms with van der Waals surface area (Å²) in [5.74, 6) is 0.0521. The van der Waals surface area contributed by atoms with Crippen molar-refractivity contribution in [2.45, 2.75) is 25.7 Å². The predicted octanol–water partition coefficient (Wildman–Crippen LogP) is 2.39. The number of nitrogens with zero attached hydrogens (tertiary/aromatic N) is 5. The van der Waals surface area contributed by atoms with E-state index >= 15 is 0 Å². The zero-order chi connectivity index (χ0) is 10.9. The number of unbranched alkanes of at least 4 members (excludes halogenated alkanes) is 2. The lowest BCUT2D eigenvalue weighted by Crippen LogP contribution is -2.07. The van der Waals surface area contributed by atoms with Crippen LogP contribution in [0.5, 0.6) is 0 Å². The van der Waals surface area contributed by atoms with Crippen molar-refractivity contribution in [1.29, 1.82) is 0 Å². The molecule has 6 heteroatoms. The molecule has 0 N–H and O–H groups in total. The van der Waals surface area contributed by atoms with Gasteiger partial charge in [0, 0.05) is 30.3 Å². The number of azide groups is 1. The quantitative estimate of drug-likeness (QED) is 0.310. The van der Waals surface area contributed by atoms with Gasteiger partial charge in [-0.2, -0.15) is 0 Å². The van der Waals surface area contributed by atoms with Gasteiger partial charge in [-0.25, -0.2) is 4.98 Å². The standard InChI is InChI=1S/C9H13N5O/c10-13-12-5-3-1-2-4-9(15)14-7-6-11-8-14/h6-8H,1-5H2. The van der Waals surface area contributed by atoms with Crippen LogP contribution in [0.25, 0.3) is 10.4 Å². The summed E-state index contributed by atoms with van der Waals surface area (Å²) in [5, 5.41) is 3.42. The Kier molecular flexibility index (Phi) is 4.97. The molecule has 15 heavy (non-hydrogen) atoms. The van der Waals surface area contributed by atoms with E-state index in [0.29, 0.717) is 13.0 Å². The SMILES string of the molecule is [N-]=[N+]=NCCCCCC(=O)n1ccnc1. The fourth-order valence-corrected chi connectivity index (χ4v) is 1.22. The van der Waals surface area contributed by atoms with E-state index in [1.165, 1.54) is 10.9 Å². The van der Waals surface area contributed by atoms with Crippen molar-refractivity contribution in [2.75, 3.05) is 6.54 Å². The molecule has 0 fully saturated rings. The molecule has 0 saturated carbocycles. The molecule has 0 spiro atoms. The molecule has 0 amide bonds. The lowest BCUT2D eigenvalue weighted by Gasteiger charge is -1.99. The fourth-order valence-electron chi connectivity index (χ4n) is 1.22. The van der Waals surface area contributed by atoms with Crippen LogP contribution in [0.15, 0.2) is 23.8 Å². The highest BCUT2D eigenvalue weighted by Gasteiger charge is 2.02. The zero-order valence-electron chi connectivity index (χ0n) is 8.41. The molecule has 1 heterocycles. The highest BCUT2D eigenvalue weighted by atomic mass is 16.2. The maximum atomic E-state index is 11.4. The summed E-state index contributed by atoms with van der Waals surface area (Å²) in [4.78, 5) is 17.9. The predicted molar refractivity (Wildman–Crippen MR) is 55.3 cm³/mol. The molecule has 1 aromatic heterocycles. The van der Waals surface area contributed by atoms with Crippen molar-refractivity contribution in [3.05, 3.63) is 29.2 Å². The smallest absolute Gasteiger partial charge is 0.231 e. The van der Waals surface area contributed by atoms with E-state index < -0.39 is 0 Å². The van der Waals surface area contributed by atoms with Crippen molar-refractivity contribution in [3.63, 3.8) is 0 Å². The molecule has 0 radical (unpaired) electrons. The topological polar surface area (TPSA) is 83.7 Å². The third-order valence-electron chi connectivity index (χ3n) is 2.00. The monoisotopic (exact) mass is 207 g/mol. The minimum absolute atomic E-state index is 0.0521. The molecule has 80 valence electrons. The third kappa shape index (κ3) is 4.28. The first kappa shape index (κ1) is 11.3. The van der Waals surface area contributed by atoms with Crippen LogP contribution in [0.4, 0.5) is 0 Å². The van der Waals surface area contributed by atoms with E-state index in [-0.39, 0.29) is 5.91 Å². The molecule has 0 saturated heterocycles. The Bertz CT molecular complexity index is 339. The van der Waals surface area contributed by atoms with Crippen molar-refractivity contribution in [2.24, 2.45) is 5.11 Å². The van der Waals surface area contributed by atoms with Gasteiger partial charge >= 0.3 is 0 Å². The summed E-state index contributed by atoms with van der Waals surface area (Å²) >= 11 is 0. The molecule has 0 bridgehead atoms. The van der Waals surface area contributed by atoms with Crippen molar-refractivity contribution < 1.29 is 4.79 Å². The first-order valence-electron chi connectivity index (χ1n) is 4.86. The summed E-state index contributed by atoms with van der Waals surface area (Å²) in [6.45, 7) is 0.510. The zero-order valence-corrected chi connectivity index (χ0v) is 8.41. The minimum Gasteiger partial charge on any atom is -0.276 e. The van der Waals surface area contributed by atoms with Gasteiger partial charge in [0.15, 0.2) is 0 Å². The fraction of sp³-hybridized carbons (Fsp3) is 0.556. The van der Waals surface area contributed by atoms with Crippen LogP contribution in [0.2, 0.25) is 0 Å². The Balaban J connectivity index is 2.10. The van der Waals surface area contributed by atoms with Gasteiger partial charge in [-0.3, -0.25) is 9.36 Å². The lowest BCUT2D eigenvalue weighted by atomic mass is 10.2. The number of hydrogen-bond donors (Lipinski definition) is 0. The molecule has 0 unspecified atom stereocenters. The maximum Gasteiger partial charge on any atom is 0.231 e. The second-order valence-electron chi connectivity index (χ2n) is 3.13. The summed E-state index contributed by atoms with van der Waals surface area (Å²) in [6.07, 6.45) is 7.79. The van der Waals surface area contributed by atoms with E-state index in [9.17, 15) is 4.79 Å². The van der Waals surface area contributed by atoms with E-state index in [1.54, 1.807) is 12.4 Å². The highest BCUT2D eigenvalue weighted by molar-refractivity contribution is 5.78. The van der Waals surface area contributed by atoms with Crippen LogP contribution in [0.1, 0.15) is 30.5 Å². The van der Waals surface area contributed by atoms with Crippen LogP contribution in [-0.4, -0.2) is 22.0 Å². The van der Waals surface area contributed by atoms with Crippen LogP contribution < -0.4 is 0 Å². The Morgan fingerprint density at radius 3 is 3.00 bits per heavy atom. The first-order valence-corrected chi connectivity index (χ1v) is 4.86. The Hall–Kier alpha value is -1.81. The molecule has 0 aliphatic rings. The number of aromatic nitrogens is 2. The summed E-state index contributed by atoms with van der Waals surface area (Å²) in [5.41, 5.74) is 8.03. The molecule has 1 aromatic rings. The Morgan fingerprint density at radius 2 is 2.33 bits per heavy atom. The number of carbonyl (C=O) groups is 1. The van der Waals surface area contributed by atoms with Crippen LogP contribution in [0, 0.1) is 0 Å². The van der Waals surface area contributed by atoms with Crippen molar-refractivity contribution in [1.82, 2.24) is 9.55 Å². The summed E-state index contributed by atoms with van der Waals surface area (Å²) < 4.78 is 1.48. The first-order chi connectivity index (χ1) is 7.34. The van der Waals surface area contributed by atoms with Crippen LogP contribution >= 0.6 is 0 Å².